The van der Waals surface area contributed by atoms with Gasteiger partial charge in [-0.2, -0.15) is 4.98 Å². The maximum absolute atomic E-state index is 13.9. The first kappa shape index (κ1) is 23.9. The molecule has 0 aliphatic heterocycles. The quantitative estimate of drug-likeness (QED) is 0.278. The first-order valence-corrected chi connectivity index (χ1v) is 12.0. The monoisotopic (exact) mass is 492 g/mol. The van der Waals surface area contributed by atoms with E-state index in [1.165, 1.54) is 12.1 Å². The average Bonchev–Trinajstić information content (AvgIpc) is 3.35. The van der Waals surface area contributed by atoms with Gasteiger partial charge in [0.05, 0.1) is 18.2 Å². The summed E-state index contributed by atoms with van der Waals surface area (Å²) in [6, 6.07) is 33.0. The number of amides is 1. The fourth-order valence-electron chi connectivity index (χ4n) is 4.16. The third-order valence-corrected chi connectivity index (χ3v) is 5.85. The molecule has 1 heterocycles. The van der Waals surface area contributed by atoms with Crippen LogP contribution in [0, 0.1) is 5.82 Å². The predicted octanol–water partition coefficient (Wildman–Crippen LogP) is 6.24. The molecule has 0 saturated heterocycles. The van der Waals surface area contributed by atoms with E-state index in [2.05, 4.69) is 15.4 Å². The third-order valence-electron chi connectivity index (χ3n) is 5.85. The van der Waals surface area contributed by atoms with Gasteiger partial charge in [0.25, 0.3) is 0 Å². The second-order valence-electron chi connectivity index (χ2n) is 8.36. The normalized spacial score (nSPS) is 10.9. The number of rotatable bonds is 8. The van der Waals surface area contributed by atoms with Crippen LogP contribution in [-0.2, 0) is 4.79 Å². The Bertz CT molecular complexity index is 1450. The van der Waals surface area contributed by atoms with E-state index in [0.29, 0.717) is 29.4 Å². The van der Waals surface area contributed by atoms with Crippen LogP contribution >= 0.6 is 0 Å². The maximum atomic E-state index is 13.9. The number of aromatic nitrogens is 3. The highest BCUT2D eigenvalue weighted by atomic mass is 19.1. The average molecular weight is 493 g/mol. The molecule has 1 N–H and O–H groups in total. The van der Waals surface area contributed by atoms with Crippen molar-refractivity contribution in [3.05, 3.63) is 126 Å². The summed E-state index contributed by atoms with van der Waals surface area (Å²) in [5, 5.41) is 7.49. The molecule has 6 nitrogen and oxygen atoms in total. The van der Waals surface area contributed by atoms with E-state index in [-0.39, 0.29) is 17.7 Å². The van der Waals surface area contributed by atoms with Crippen LogP contribution in [0.5, 0.6) is 6.01 Å². The Morgan fingerprint density at radius 1 is 0.892 bits per heavy atom. The molecule has 1 amide bonds. The molecule has 0 aliphatic carbocycles. The fraction of sp³-hybridized carbons (Fsp3) is 0.100. The van der Waals surface area contributed by atoms with Gasteiger partial charge < -0.3 is 10.1 Å². The van der Waals surface area contributed by atoms with E-state index in [1.54, 1.807) is 28.9 Å². The van der Waals surface area contributed by atoms with E-state index in [0.717, 1.165) is 11.1 Å². The van der Waals surface area contributed by atoms with E-state index in [4.69, 9.17) is 4.74 Å². The van der Waals surface area contributed by atoms with E-state index < -0.39 is 5.92 Å². The van der Waals surface area contributed by atoms with Crippen molar-refractivity contribution >= 4 is 11.6 Å². The Balaban J connectivity index is 1.43. The predicted molar refractivity (Wildman–Crippen MR) is 141 cm³/mol. The first-order chi connectivity index (χ1) is 18.1. The van der Waals surface area contributed by atoms with Crippen LogP contribution in [0.3, 0.4) is 0 Å². The van der Waals surface area contributed by atoms with Gasteiger partial charge >= 0.3 is 6.01 Å². The Kier molecular flexibility index (Phi) is 7.03. The van der Waals surface area contributed by atoms with Crippen molar-refractivity contribution < 1.29 is 13.9 Å². The Hall–Kier alpha value is -4.78. The molecule has 0 bridgehead atoms. The summed E-state index contributed by atoms with van der Waals surface area (Å²) in [6.07, 6.45) is 0. The Labute approximate surface area is 214 Å². The molecule has 0 unspecified atom stereocenters. The molecule has 7 heteroatoms. The number of carbonyl (C=O) groups excluding carboxylic acids is 1. The van der Waals surface area contributed by atoms with E-state index in [1.807, 2.05) is 79.7 Å². The summed E-state index contributed by atoms with van der Waals surface area (Å²) < 4.78 is 21.0. The smallest absolute Gasteiger partial charge is 0.336 e. The van der Waals surface area contributed by atoms with E-state index in [9.17, 15) is 9.18 Å². The number of hydrogen-bond acceptors (Lipinski definition) is 4. The number of benzene rings is 4. The second kappa shape index (κ2) is 10.9. The number of ether oxygens (including phenoxy) is 1. The number of nitrogens with one attached hydrogen (secondary N) is 1. The summed E-state index contributed by atoms with van der Waals surface area (Å²) >= 11 is 0. The van der Waals surface area contributed by atoms with Crippen molar-refractivity contribution in [1.29, 1.82) is 0 Å². The van der Waals surface area contributed by atoms with Gasteiger partial charge in [0.2, 0.25) is 5.91 Å². The number of halogens is 1. The van der Waals surface area contributed by atoms with Crippen molar-refractivity contribution in [2.45, 2.75) is 12.8 Å². The third kappa shape index (κ3) is 5.41. The number of hydrogen-bond donors (Lipinski definition) is 1. The highest BCUT2D eigenvalue weighted by Crippen LogP contribution is 2.28. The SMILES string of the molecule is CCOc1nc(-c2cccc(F)c2)n(-c2ccc(NC(=O)C(c3ccccc3)c3ccccc3)cc2)n1. The summed E-state index contributed by atoms with van der Waals surface area (Å²) in [5.41, 5.74) is 3.73. The lowest BCUT2D eigenvalue weighted by Crippen LogP contribution is -2.22. The zero-order chi connectivity index (χ0) is 25.6. The van der Waals surface area contributed by atoms with Crippen LogP contribution in [0.25, 0.3) is 17.1 Å². The Morgan fingerprint density at radius 2 is 1.54 bits per heavy atom. The van der Waals surface area contributed by atoms with Gasteiger partial charge in [0.1, 0.15) is 5.82 Å². The van der Waals surface area contributed by atoms with Crippen LogP contribution in [-0.4, -0.2) is 27.3 Å². The van der Waals surface area contributed by atoms with Crippen molar-refractivity contribution in [1.82, 2.24) is 14.8 Å². The summed E-state index contributed by atoms with van der Waals surface area (Å²) in [5.74, 6) is -0.502. The molecule has 0 fully saturated rings. The first-order valence-electron chi connectivity index (χ1n) is 12.0. The van der Waals surface area contributed by atoms with Crippen LogP contribution in [0.1, 0.15) is 24.0 Å². The van der Waals surface area contributed by atoms with Crippen molar-refractivity contribution in [3.63, 3.8) is 0 Å². The molecule has 0 spiro atoms. The lowest BCUT2D eigenvalue weighted by molar-refractivity contribution is -0.116. The number of anilines is 1. The maximum Gasteiger partial charge on any atom is 0.336 e. The van der Waals surface area contributed by atoms with E-state index >= 15 is 0 Å². The lowest BCUT2D eigenvalue weighted by atomic mass is 9.90. The molecule has 37 heavy (non-hydrogen) atoms. The zero-order valence-electron chi connectivity index (χ0n) is 20.2. The molecule has 0 atom stereocenters. The molecule has 5 aromatic rings. The summed E-state index contributed by atoms with van der Waals surface area (Å²) in [7, 11) is 0. The summed E-state index contributed by atoms with van der Waals surface area (Å²) in [4.78, 5) is 17.9. The van der Waals surface area contributed by atoms with Gasteiger partial charge in [0, 0.05) is 11.3 Å². The van der Waals surface area contributed by atoms with Crippen LogP contribution in [0.2, 0.25) is 0 Å². The molecule has 184 valence electrons. The number of nitrogens with zero attached hydrogens (tertiary/aromatic N) is 3. The molecular formula is C30H25FN4O2. The van der Waals surface area contributed by atoms with Crippen molar-refractivity contribution in [3.8, 4) is 23.1 Å². The molecule has 4 aromatic carbocycles. The largest absolute Gasteiger partial charge is 0.463 e. The van der Waals surface area contributed by atoms with Crippen LogP contribution < -0.4 is 10.1 Å². The van der Waals surface area contributed by atoms with Crippen LogP contribution in [0.4, 0.5) is 10.1 Å². The van der Waals surface area contributed by atoms with Crippen LogP contribution in [0.15, 0.2) is 109 Å². The fourth-order valence-corrected chi connectivity index (χ4v) is 4.16. The second-order valence-corrected chi connectivity index (χ2v) is 8.36. The molecular weight excluding hydrogens is 467 g/mol. The standard InChI is InChI=1S/C30H25FN4O2/c1-2-37-30-33-28(23-14-9-15-24(31)20-23)35(34-30)26-18-16-25(17-19-26)32-29(36)27(21-10-5-3-6-11-21)22-12-7-4-8-13-22/h3-20,27H,2H2,1H3,(H,32,36). The zero-order valence-corrected chi connectivity index (χ0v) is 20.2. The lowest BCUT2D eigenvalue weighted by Gasteiger charge is -2.18. The minimum Gasteiger partial charge on any atom is -0.463 e. The van der Waals surface area contributed by atoms with Crippen molar-refractivity contribution in [2.75, 3.05) is 11.9 Å². The minimum absolute atomic E-state index is 0.134. The van der Waals surface area contributed by atoms with Gasteiger partial charge in [-0.05, 0) is 54.4 Å². The van der Waals surface area contributed by atoms with Crippen molar-refractivity contribution in [2.24, 2.45) is 0 Å². The van der Waals surface area contributed by atoms with Gasteiger partial charge in [-0.3, -0.25) is 4.79 Å². The Morgan fingerprint density at radius 3 is 2.14 bits per heavy atom. The summed E-state index contributed by atoms with van der Waals surface area (Å²) in [6.45, 7) is 2.25. The molecule has 1 aromatic heterocycles. The highest BCUT2D eigenvalue weighted by Gasteiger charge is 2.23. The van der Waals surface area contributed by atoms with Gasteiger partial charge in [0.15, 0.2) is 5.82 Å². The molecule has 0 aliphatic rings. The van der Waals surface area contributed by atoms with Gasteiger partial charge in [-0.25, -0.2) is 9.07 Å². The minimum atomic E-state index is -0.453. The molecule has 0 radical (unpaired) electrons. The number of carbonyl (C=O) groups is 1. The highest BCUT2D eigenvalue weighted by molar-refractivity contribution is 5.98. The molecule has 5 rings (SSSR count). The molecule has 0 saturated carbocycles. The topological polar surface area (TPSA) is 69.0 Å². The van der Waals surface area contributed by atoms with Gasteiger partial charge in [-0.15, -0.1) is 5.10 Å². The van der Waals surface area contributed by atoms with Gasteiger partial charge in [-0.1, -0.05) is 72.8 Å².